The molecule has 0 spiro atoms. The third-order valence-corrected chi connectivity index (χ3v) is 5.68. The van der Waals surface area contributed by atoms with Gasteiger partial charge in [0.2, 0.25) is 0 Å². The van der Waals surface area contributed by atoms with Crippen molar-refractivity contribution in [1.29, 1.82) is 0 Å². The molecule has 6 nitrogen and oxygen atoms in total. The molecule has 0 aliphatic carbocycles. The van der Waals surface area contributed by atoms with Crippen LogP contribution in [0, 0.1) is 3.70 Å². The summed E-state index contributed by atoms with van der Waals surface area (Å²) in [6.45, 7) is 11.3. The number of carbonyl (C=O) groups is 1. The normalized spacial score (nSPS) is 20.9. The molecule has 2 heterocycles. The average Bonchev–Trinajstić information content (AvgIpc) is 2.52. The topological polar surface area (TPSA) is 58.6 Å². The van der Waals surface area contributed by atoms with E-state index in [1.165, 1.54) is 0 Å². The third kappa shape index (κ3) is 4.47. The molecular formula is C19H24BrIN4O2. The number of amides is 1. The minimum atomic E-state index is -0.495. The second-order valence-corrected chi connectivity index (χ2v) is 9.95. The van der Waals surface area contributed by atoms with Crippen molar-refractivity contribution in [3.05, 3.63) is 26.4 Å². The molecule has 1 saturated heterocycles. The number of rotatable bonds is 1. The van der Waals surface area contributed by atoms with Crippen LogP contribution in [-0.4, -0.2) is 52.0 Å². The van der Waals surface area contributed by atoms with Gasteiger partial charge in [-0.15, -0.1) is 10.2 Å². The van der Waals surface area contributed by atoms with E-state index in [1.807, 2.05) is 31.7 Å². The van der Waals surface area contributed by atoms with E-state index in [4.69, 9.17) is 4.74 Å². The van der Waals surface area contributed by atoms with Crippen LogP contribution in [0.25, 0.3) is 10.9 Å². The molecule has 1 amide bonds. The molecule has 3 rings (SSSR count). The van der Waals surface area contributed by atoms with Crippen LogP contribution >= 0.6 is 38.5 Å². The highest BCUT2D eigenvalue weighted by Gasteiger charge is 2.36. The highest BCUT2D eigenvalue weighted by atomic mass is 127. The number of hydrogen-bond donors (Lipinski definition) is 0. The standard InChI is InChI=1S/C19H24BrIN4O2/c1-11-9-24(10-12(2)25(11)18(26)27-19(3,4)5)15-7-6-14(20)17-13(15)8-16(21)22-23-17/h6-8,11-12H,9-10H2,1-5H3/t11-,12+. The number of aromatic nitrogens is 2. The van der Waals surface area contributed by atoms with Crippen molar-refractivity contribution in [2.75, 3.05) is 18.0 Å². The molecule has 0 bridgehead atoms. The smallest absolute Gasteiger partial charge is 0.410 e. The SMILES string of the molecule is C[C@@H]1CN(c2ccc(Br)c3nnc(I)cc23)C[C@H](C)N1C(=O)OC(C)(C)C. The Balaban J connectivity index is 1.90. The maximum absolute atomic E-state index is 12.6. The Kier molecular flexibility index (Phi) is 5.86. The van der Waals surface area contributed by atoms with Crippen LogP contribution in [0.5, 0.6) is 0 Å². The van der Waals surface area contributed by atoms with Gasteiger partial charge in [-0.3, -0.25) is 4.90 Å². The lowest BCUT2D eigenvalue weighted by molar-refractivity contribution is 0.00568. The van der Waals surface area contributed by atoms with Crippen LogP contribution in [0.2, 0.25) is 0 Å². The molecule has 0 unspecified atom stereocenters. The maximum Gasteiger partial charge on any atom is 0.410 e. The Morgan fingerprint density at radius 1 is 1.22 bits per heavy atom. The molecule has 2 atom stereocenters. The van der Waals surface area contributed by atoms with Crippen molar-refractivity contribution < 1.29 is 9.53 Å². The highest BCUT2D eigenvalue weighted by molar-refractivity contribution is 14.1. The van der Waals surface area contributed by atoms with Crippen molar-refractivity contribution in [3.8, 4) is 0 Å². The fourth-order valence-electron chi connectivity index (χ4n) is 3.53. The first-order chi connectivity index (χ1) is 12.6. The zero-order valence-corrected chi connectivity index (χ0v) is 19.9. The summed E-state index contributed by atoms with van der Waals surface area (Å²) in [5.41, 5.74) is 1.47. The van der Waals surface area contributed by atoms with Crippen LogP contribution in [0.15, 0.2) is 22.7 Å². The van der Waals surface area contributed by atoms with E-state index in [2.05, 4.69) is 79.6 Å². The molecule has 0 radical (unpaired) electrons. The third-order valence-electron chi connectivity index (χ3n) is 4.52. The molecule has 27 heavy (non-hydrogen) atoms. The van der Waals surface area contributed by atoms with Crippen LogP contribution < -0.4 is 4.90 Å². The molecular weight excluding hydrogens is 523 g/mol. The molecule has 1 aromatic heterocycles. The second-order valence-electron chi connectivity index (χ2n) is 7.99. The van der Waals surface area contributed by atoms with Crippen LogP contribution in [0.1, 0.15) is 34.6 Å². The molecule has 1 aromatic carbocycles. The molecule has 1 fully saturated rings. The Labute approximate surface area is 181 Å². The Bertz CT molecular complexity index is 859. The molecule has 146 valence electrons. The summed E-state index contributed by atoms with van der Waals surface area (Å²) in [6.07, 6.45) is -0.247. The monoisotopic (exact) mass is 546 g/mol. The van der Waals surface area contributed by atoms with E-state index >= 15 is 0 Å². The van der Waals surface area contributed by atoms with Crippen molar-refractivity contribution in [3.63, 3.8) is 0 Å². The number of anilines is 1. The van der Waals surface area contributed by atoms with E-state index in [1.54, 1.807) is 0 Å². The number of halogens is 2. The fraction of sp³-hybridized carbons (Fsp3) is 0.526. The number of benzene rings is 1. The molecule has 0 N–H and O–H groups in total. The molecule has 2 aromatic rings. The lowest BCUT2D eigenvalue weighted by Crippen LogP contribution is -2.59. The average molecular weight is 547 g/mol. The van der Waals surface area contributed by atoms with E-state index < -0.39 is 5.60 Å². The molecule has 0 saturated carbocycles. The fourth-order valence-corrected chi connectivity index (χ4v) is 4.37. The van der Waals surface area contributed by atoms with Gasteiger partial charge in [0.05, 0.1) is 12.1 Å². The van der Waals surface area contributed by atoms with Gasteiger partial charge in [-0.2, -0.15) is 0 Å². The van der Waals surface area contributed by atoms with Crippen LogP contribution in [0.3, 0.4) is 0 Å². The first-order valence-electron chi connectivity index (χ1n) is 8.94. The highest BCUT2D eigenvalue weighted by Crippen LogP contribution is 2.33. The predicted molar refractivity (Wildman–Crippen MR) is 119 cm³/mol. The minimum absolute atomic E-state index is 0.0381. The zero-order valence-electron chi connectivity index (χ0n) is 16.2. The predicted octanol–water partition coefficient (Wildman–Crippen LogP) is 4.83. The number of carbonyl (C=O) groups excluding carboxylic acids is 1. The van der Waals surface area contributed by atoms with Crippen LogP contribution in [-0.2, 0) is 4.74 Å². The summed E-state index contributed by atoms with van der Waals surface area (Å²) in [4.78, 5) is 16.8. The van der Waals surface area contributed by atoms with Gasteiger partial charge in [0.15, 0.2) is 0 Å². The lowest BCUT2D eigenvalue weighted by atomic mass is 10.1. The van der Waals surface area contributed by atoms with Crippen molar-refractivity contribution in [1.82, 2.24) is 15.1 Å². The summed E-state index contributed by atoms with van der Waals surface area (Å²) in [6, 6.07) is 6.24. The van der Waals surface area contributed by atoms with Gasteiger partial charge in [-0.1, -0.05) is 0 Å². The number of fused-ring (bicyclic) bond motifs is 1. The quantitative estimate of drug-likeness (QED) is 0.479. The number of hydrogen-bond acceptors (Lipinski definition) is 5. The number of piperazine rings is 1. The van der Waals surface area contributed by atoms with E-state index in [-0.39, 0.29) is 18.2 Å². The summed E-state index contributed by atoms with van der Waals surface area (Å²) in [5.74, 6) is 0. The molecule has 1 aliphatic heterocycles. The maximum atomic E-state index is 12.6. The Morgan fingerprint density at radius 3 is 2.44 bits per heavy atom. The van der Waals surface area contributed by atoms with Gasteiger partial charge in [-0.05, 0) is 91.3 Å². The summed E-state index contributed by atoms with van der Waals surface area (Å²) < 4.78 is 7.39. The van der Waals surface area contributed by atoms with E-state index in [0.717, 1.165) is 37.9 Å². The van der Waals surface area contributed by atoms with Crippen molar-refractivity contribution >= 4 is 61.2 Å². The van der Waals surface area contributed by atoms with Crippen LogP contribution in [0.4, 0.5) is 10.5 Å². The second kappa shape index (κ2) is 7.69. The largest absolute Gasteiger partial charge is 0.444 e. The summed E-state index contributed by atoms with van der Waals surface area (Å²) >= 11 is 5.75. The lowest BCUT2D eigenvalue weighted by Gasteiger charge is -2.45. The Hall–Kier alpha value is -1.16. The zero-order chi connectivity index (χ0) is 19.9. The van der Waals surface area contributed by atoms with Gasteiger partial charge >= 0.3 is 6.09 Å². The van der Waals surface area contributed by atoms with E-state index in [0.29, 0.717) is 0 Å². The minimum Gasteiger partial charge on any atom is -0.444 e. The number of ether oxygens (including phenoxy) is 1. The first kappa shape index (κ1) is 20.6. The summed E-state index contributed by atoms with van der Waals surface area (Å²) in [7, 11) is 0. The van der Waals surface area contributed by atoms with Gasteiger partial charge in [-0.25, -0.2) is 4.79 Å². The van der Waals surface area contributed by atoms with Crippen molar-refractivity contribution in [2.24, 2.45) is 0 Å². The van der Waals surface area contributed by atoms with Crippen molar-refractivity contribution in [2.45, 2.75) is 52.3 Å². The summed E-state index contributed by atoms with van der Waals surface area (Å²) in [5, 5.41) is 9.58. The molecule has 8 heteroatoms. The van der Waals surface area contributed by atoms with Gasteiger partial charge < -0.3 is 9.64 Å². The van der Waals surface area contributed by atoms with Gasteiger partial charge in [0.25, 0.3) is 0 Å². The first-order valence-corrected chi connectivity index (χ1v) is 10.8. The molecule has 1 aliphatic rings. The van der Waals surface area contributed by atoms with Gasteiger partial charge in [0.1, 0.15) is 14.8 Å². The number of nitrogens with zero attached hydrogens (tertiary/aromatic N) is 4. The Morgan fingerprint density at radius 2 is 1.85 bits per heavy atom. The van der Waals surface area contributed by atoms with E-state index in [9.17, 15) is 4.79 Å². The van der Waals surface area contributed by atoms with Gasteiger partial charge in [0, 0.05) is 28.6 Å².